The Morgan fingerprint density at radius 1 is 0.913 bits per heavy atom. The average Bonchev–Trinajstić information content (AvgIpc) is 3.06. The molecule has 240 valence electrons. The molecule has 0 aliphatic carbocycles. The Hall–Kier alpha value is -4.32. The van der Waals surface area contributed by atoms with Gasteiger partial charge in [-0.15, -0.1) is 0 Å². The number of aryl methyl sites for hydroxylation is 1. The van der Waals surface area contributed by atoms with Crippen molar-refractivity contribution in [1.82, 2.24) is 5.32 Å². The number of ether oxygens (including phenoxy) is 4. The van der Waals surface area contributed by atoms with Crippen LogP contribution in [0.3, 0.4) is 0 Å². The number of hydrogen-bond acceptors (Lipinski definition) is 8. The summed E-state index contributed by atoms with van der Waals surface area (Å²) in [5.74, 6) is 2.82. The van der Waals surface area contributed by atoms with Crippen LogP contribution in [0.2, 0.25) is 0 Å². The quantitative estimate of drug-likeness (QED) is 0.110. The lowest BCUT2D eigenvalue weighted by molar-refractivity contribution is 0.171. The molecule has 0 fully saturated rings. The predicted molar refractivity (Wildman–Crippen MR) is 177 cm³/mol. The summed E-state index contributed by atoms with van der Waals surface area (Å²) in [4.78, 5) is 9.92. The van der Waals surface area contributed by atoms with Crippen LogP contribution >= 0.6 is 7.60 Å². The first-order valence-corrected chi connectivity index (χ1v) is 17.1. The van der Waals surface area contributed by atoms with Gasteiger partial charge in [0.1, 0.15) is 37.9 Å². The average molecular weight is 643 g/mol. The third-order valence-corrected chi connectivity index (χ3v) is 9.16. The summed E-state index contributed by atoms with van der Waals surface area (Å²) < 4.78 is 41.2. The van der Waals surface area contributed by atoms with E-state index in [1.807, 2.05) is 55.5 Å². The van der Waals surface area contributed by atoms with Gasteiger partial charge in [0.2, 0.25) is 0 Å². The van der Waals surface area contributed by atoms with Gasteiger partial charge in [0.25, 0.3) is 0 Å². The molecule has 1 aliphatic heterocycles. The molecule has 9 nitrogen and oxygen atoms in total. The second-order valence-electron chi connectivity index (χ2n) is 11.0. The molecule has 1 atom stereocenters. The maximum absolute atomic E-state index is 12.1. The van der Waals surface area contributed by atoms with E-state index in [1.165, 1.54) is 0 Å². The highest BCUT2D eigenvalue weighted by Crippen LogP contribution is 2.41. The normalized spacial score (nSPS) is 13.5. The van der Waals surface area contributed by atoms with E-state index in [1.54, 1.807) is 19.1 Å². The van der Waals surface area contributed by atoms with Crippen LogP contribution < -0.4 is 24.3 Å². The van der Waals surface area contributed by atoms with Gasteiger partial charge in [0.15, 0.2) is 11.5 Å². The summed E-state index contributed by atoms with van der Waals surface area (Å²) in [5, 5.41) is 12.5. The highest BCUT2D eigenvalue weighted by Gasteiger charge is 2.18. The minimum Gasteiger partial charge on any atom is -0.488 e. The molecule has 5 rings (SSSR count). The van der Waals surface area contributed by atoms with Crippen molar-refractivity contribution in [3.05, 3.63) is 106 Å². The van der Waals surface area contributed by atoms with Gasteiger partial charge >= 0.3 is 7.60 Å². The fraction of sp³-hybridized carbons (Fsp3) is 0.306. The molecule has 0 aromatic heterocycles. The number of fused-ring (bicyclic) bond motifs is 1. The van der Waals surface area contributed by atoms with Gasteiger partial charge in [-0.05, 0) is 84.5 Å². The van der Waals surface area contributed by atoms with Crippen molar-refractivity contribution in [2.45, 2.75) is 40.5 Å². The van der Waals surface area contributed by atoms with Crippen LogP contribution in [-0.4, -0.2) is 37.4 Å². The number of nitriles is 1. The molecule has 46 heavy (non-hydrogen) atoms. The fourth-order valence-electron chi connectivity index (χ4n) is 5.28. The Morgan fingerprint density at radius 2 is 1.70 bits per heavy atom. The van der Waals surface area contributed by atoms with Crippen LogP contribution in [0.1, 0.15) is 40.3 Å². The summed E-state index contributed by atoms with van der Waals surface area (Å²) in [6.45, 7) is 8.37. The van der Waals surface area contributed by atoms with Crippen LogP contribution in [-0.2, 0) is 28.8 Å². The molecule has 0 saturated heterocycles. The lowest BCUT2D eigenvalue weighted by Crippen LogP contribution is -2.19. The van der Waals surface area contributed by atoms with Gasteiger partial charge in [-0.25, -0.2) is 0 Å². The van der Waals surface area contributed by atoms with E-state index in [0.29, 0.717) is 50.0 Å². The zero-order chi connectivity index (χ0) is 32.5. The van der Waals surface area contributed by atoms with Crippen LogP contribution in [0.25, 0.3) is 11.1 Å². The SMILES string of the molecule is CCOP(=O)(O)CCNCc1cc(C)c(OCc2cccc(-c3ccc4c(c3)OCCO4)c2C)cc1OCc1cccc(C#N)c1. The van der Waals surface area contributed by atoms with E-state index in [0.717, 1.165) is 50.4 Å². The number of nitrogens with zero attached hydrogens (tertiary/aromatic N) is 1. The van der Waals surface area contributed by atoms with E-state index in [-0.39, 0.29) is 19.4 Å². The first-order valence-electron chi connectivity index (χ1n) is 15.3. The summed E-state index contributed by atoms with van der Waals surface area (Å²) in [7, 11) is -3.63. The van der Waals surface area contributed by atoms with Gasteiger partial charge < -0.3 is 33.7 Å². The van der Waals surface area contributed by atoms with Gasteiger partial charge in [-0.2, -0.15) is 5.26 Å². The van der Waals surface area contributed by atoms with Gasteiger partial charge in [-0.3, -0.25) is 4.57 Å². The largest absolute Gasteiger partial charge is 0.488 e. The molecule has 10 heteroatoms. The van der Waals surface area contributed by atoms with Crippen molar-refractivity contribution < 1.29 is 32.9 Å². The first-order chi connectivity index (χ1) is 22.3. The number of rotatable bonds is 14. The van der Waals surface area contributed by atoms with Crippen molar-refractivity contribution in [1.29, 1.82) is 5.26 Å². The predicted octanol–water partition coefficient (Wildman–Crippen LogP) is 7.08. The molecule has 2 N–H and O–H groups in total. The smallest absolute Gasteiger partial charge is 0.329 e. The minimum absolute atomic E-state index is 0.00281. The van der Waals surface area contributed by atoms with Crippen molar-refractivity contribution in [3.63, 3.8) is 0 Å². The van der Waals surface area contributed by atoms with Gasteiger partial charge in [-0.1, -0.05) is 36.4 Å². The third-order valence-electron chi connectivity index (χ3n) is 7.71. The lowest BCUT2D eigenvalue weighted by atomic mass is 9.96. The molecular formula is C36H39N2O7P. The van der Waals surface area contributed by atoms with E-state index in [2.05, 4.69) is 30.4 Å². The monoisotopic (exact) mass is 642 g/mol. The number of benzene rings is 4. The Bertz CT molecular complexity index is 1770. The van der Waals surface area contributed by atoms with E-state index in [4.69, 9.17) is 23.5 Å². The van der Waals surface area contributed by atoms with Crippen molar-refractivity contribution in [3.8, 4) is 40.2 Å². The Balaban J connectivity index is 1.33. The summed E-state index contributed by atoms with van der Waals surface area (Å²) in [5.41, 5.74) is 7.54. The van der Waals surface area contributed by atoms with Crippen molar-refractivity contribution in [2.75, 3.05) is 32.5 Å². The lowest BCUT2D eigenvalue weighted by Gasteiger charge is -2.20. The second kappa shape index (κ2) is 15.3. The summed E-state index contributed by atoms with van der Waals surface area (Å²) in [6.07, 6.45) is 0.00281. The van der Waals surface area contributed by atoms with E-state index >= 15 is 0 Å². The molecule has 0 bridgehead atoms. The highest BCUT2D eigenvalue weighted by atomic mass is 31.2. The Labute approximate surface area is 270 Å². The zero-order valence-corrected chi connectivity index (χ0v) is 27.3. The van der Waals surface area contributed by atoms with Crippen molar-refractivity contribution in [2.24, 2.45) is 0 Å². The standard InChI is InChI=1S/C36H39N2O7P/c1-4-45-46(39,40)16-13-38-22-31-17-25(2)34(20-35(31)43-23-28-8-5-7-27(18-28)21-37)44-24-30-9-6-10-32(26(30)3)29-11-12-33-36(19-29)42-15-14-41-33/h5-12,17-20,38H,4,13-16,22-24H2,1-3H3,(H,39,40). The molecule has 4 aromatic rings. The Morgan fingerprint density at radius 3 is 2.50 bits per heavy atom. The maximum Gasteiger partial charge on any atom is 0.329 e. The fourth-order valence-corrected chi connectivity index (χ4v) is 6.25. The molecule has 1 heterocycles. The molecule has 4 aromatic carbocycles. The maximum atomic E-state index is 12.1. The van der Waals surface area contributed by atoms with Gasteiger partial charge in [0.05, 0.1) is 24.4 Å². The van der Waals surface area contributed by atoms with Gasteiger partial charge in [0, 0.05) is 24.7 Å². The van der Waals surface area contributed by atoms with Crippen LogP contribution in [0.5, 0.6) is 23.0 Å². The molecule has 1 unspecified atom stereocenters. The topological polar surface area (TPSA) is 119 Å². The second-order valence-corrected chi connectivity index (χ2v) is 13.0. The van der Waals surface area contributed by atoms with E-state index < -0.39 is 7.60 Å². The summed E-state index contributed by atoms with van der Waals surface area (Å²) >= 11 is 0. The van der Waals surface area contributed by atoms with Crippen molar-refractivity contribution >= 4 is 7.60 Å². The first kappa shape index (κ1) is 33.1. The number of nitrogens with one attached hydrogen (secondary N) is 1. The van der Waals surface area contributed by atoms with Crippen LogP contribution in [0.4, 0.5) is 0 Å². The number of hydrogen-bond donors (Lipinski definition) is 2. The Kier molecular flexibility index (Phi) is 11.0. The molecule has 0 amide bonds. The molecule has 0 spiro atoms. The molecular weight excluding hydrogens is 603 g/mol. The van der Waals surface area contributed by atoms with Crippen LogP contribution in [0, 0.1) is 25.2 Å². The minimum atomic E-state index is -3.63. The molecule has 0 saturated carbocycles. The highest BCUT2D eigenvalue weighted by molar-refractivity contribution is 7.52. The van der Waals surface area contributed by atoms with Crippen LogP contribution in [0.15, 0.2) is 72.8 Å². The van der Waals surface area contributed by atoms with E-state index in [9.17, 15) is 14.7 Å². The molecule has 0 radical (unpaired) electrons. The zero-order valence-electron chi connectivity index (χ0n) is 26.4. The summed E-state index contributed by atoms with van der Waals surface area (Å²) in [6, 6.07) is 25.5. The molecule has 1 aliphatic rings. The third kappa shape index (κ3) is 8.48.